The Morgan fingerprint density at radius 1 is 1.26 bits per heavy atom. The molecule has 1 unspecified atom stereocenters. The molecule has 1 aromatic carbocycles. The highest BCUT2D eigenvalue weighted by atomic mass is 32.2. The third-order valence-corrected chi connectivity index (χ3v) is 4.95. The van der Waals surface area contributed by atoms with Crippen LogP contribution in [0, 0.1) is 0 Å². The molecule has 1 amide bonds. The lowest BCUT2D eigenvalue weighted by Crippen LogP contribution is -2.41. The van der Waals surface area contributed by atoms with Gasteiger partial charge < -0.3 is 11.1 Å². The Hall–Kier alpha value is -2.45. The second kappa shape index (κ2) is 5.98. The predicted octanol–water partition coefficient (Wildman–Crippen LogP) is -0.128. The number of amides is 1. The number of aliphatic imine (C=N–C) groups is 1. The lowest BCUT2D eigenvalue weighted by atomic mass is 10.0. The van der Waals surface area contributed by atoms with Crippen LogP contribution in [0.2, 0.25) is 0 Å². The third kappa shape index (κ3) is 3.33. The molecule has 0 fully saturated rings. The maximum atomic E-state index is 11.8. The minimum absolute atomic E-state index is 0.0122. The monoisotopic (exact) mass is 332 g/mol. The van der Waals surface area contributed by atoms with Crippen molar-refractivity contribution in [1.29, 1.82) is 0 Å². The van der Waals surface area contributed by atoms with Gasteiger partial charge in [-0.3, -0.25) is 9.79 Å². The van der Waals surface area contributed by atoms with Gasteiger partial charge in [-0.1, -0.05) is 24.3 Å². The van der Waals surface area contributed by atoms with Gasteiger partial charge in [0.25, 0.3) is 15.9 Å². The largest absolute Gasteiger partial charge is 0.349 e. The molecule has 0 aromatic heterocycles. The van der Waals surface area contributed by atoms with Crippen LogP contribution in [-0.2, 0) is 21.2 Å². The van der Waals surface area contributed by atoms with Gasteiger partial charge in [0.15, 0.2) is 0 Å². The van der Waals surface area contributed by atoms with E-state index < -0.39 is 15.9 Å². The van der Waals surface area contributed by atoms with Crippen LogP contribution in [-0.4, -0.2) is 32.7 Å². The minimum Gasteiger partial charge on any atom is -0.349 e. The summed E-state index contributed by atoms with van der Waals surface area (Å²) < 4.78 is 25.5. The molecule has 0 saturated carbocycles. The topological polar surface area (TPSA) is 114 Å². The number of nitrogens with one attached hydrogen (secondary N) is 2. The second-order valence-electron chi connectivity index (χ2n) is 5.26. The van der Waals surface area contributed by atoms with Crippen molar-refractivity contribution < 1.29 is 13.2 Å². The summed E-state index contributed by atoms with van der Waals surface area (Å²) >= 11 is 0. The Labute approximate surface area is 134 Å². The first-order valence-corrected chi connectivity index (χ1v) is 8.53. The first-order valence-electron chi connectivity index (χ1n) is 7.05. The van der Waals surface area contributed by atoms with Crippen molar-refractivity contribution in [3.63, 3.8) is 0 Å². The average Bonchev–Trinajstić information content (AvgIpc) is 2.81. The van der Waals surface area contributed by atoms with Gasteiger partial charge in [-0.2, -0.15) is 0 Å². The molecule has 0 aliphatic carbocycles. The van der Waals surface area contributed by atoms with E-state index in [0.29, 0.717) is 18.5 Å². The molecule has 0 bridgehead atoms. The number of hydrogen-bond donors (Lipinski definition) is 3. The molecule has 120 valence electrons. The van der Waals surface area contributed by atoms with Crippen molar-refractivity contribution in [1.82, 2.24) is 10.0 Å². The number of carbonyl (C=O) groups excluding carboxylic acids is 1. The fourth-order valence-corrected chi connectivity index (χ4v) is 3.57. The number of carbonyl (C=O) groups is 1. The van der Waals surface area contributed by atoms with Crippen molar-refractivity contribution in [3.8, 4) is 0 Å². The molecule has 0 saturated heterocycles. The molecule has 7 nitrogen and oxygen atoms in total. The number of nitrogens with two attached hydrogens (primary N) is 1. The first kappa shape index (κ1) is 15.4. The van der Waals surface area contributed by atoms with Crippen molar-refractivity contribution in [2.45, 2.75) is 12.5 Å². The molecule has 1 aromatic rings. The number of benzene rings is 1. The van der Waals surface area contributed by atoms with E-state index >= 15 is 0 Å². The van der Waals surface area contributed by atoms with Crippen LogP contribution in [0.3, 0.4) is 0 Å². The fraction of sp³-hybridized carbons (Fsp3) is 0.200. The van der Waals surface area contributed by atoms with Gasteiger partial charge in [0.05, 0.1) is 12.6 Å². The maximum Gasteiger partial charge on any atom is 0.265 e. The second-order valence-corrected chi connectivity index (χ2v) is 6.91. The number of nitrogens with zero attached hydrogens (tertiary/aromatic N) is 1. The number of rotatable bonds is 4. The molecule has 1 atom stereocenters. The first-order chi connectivity index (χ1) is 11.0. The SMILES string of the molecule is NC(Cc1ccc(C2=CC(=O)NS2(=O)=O)cc1)C1=NCC=CN1. The summed E-state index contributed by atoms with van der Waals surface area (Å²) in [5.74, 6) is 0.105. The smallest absolute Gasteiger partial charge is 0.265 e. The Morgan fingerprint density at radius 2 is 2.00 bits per heavy atom. The lowest BCUT2D eigenvalue weighted by Gasteiger charge is -2.17. The molecule has 4 N–H and O–H groups in total. The van der Waals surface area contributed by atoms with Crippen molar-refractivity contribution in [2.75, 3.05) is 6.54 Å². The quantitative estimate of drug-likeness (QED) is 0.711. The Balaban J connectivity index is 1.74. The maximum absolute atomic E-state index is 11.8. The van der Waals surface area contributed by atoms with Gasteiger partial charge in [-0.25, -0.2) is 13.1 Å². The molecule has 0 spiro atoms. The molecule has 3 rings (SSSR count). The minimum atomic E-state index is -3.74. The van der Waals surface area contributed by atoms with Crippen LogP contribution in [0.15, 0.2) is 47.6 Å². The highest BCUT2D eigenvalue weighted by Gasteiger charge is 2.28. The highest BCUT2D eigenvalue weighted by Crippen LogP contribution is 2.24. The van der Waals surface area contributed by atoms with Crippen molar-refractivity contribution in [2.24, 2.45) is 10.7 Å². The van der Waals surface area contributed by atoms with Crippen LogP contribution in [0.25, 0.3) is 4.91 Å². The summed E-state index contributed by atoms with van der Waals surface area (Å²) in [6, 6.07) is 6.67. The van der Waals surface area contributed by atoms with Gasteiger partial charge in [-0.15, -0.1) is 0 Å². The van der Waals surface area contributed by atoms with Crippen LogP contribution in [0.1, 0.15) is 11.1 Å². The van der Waals surface area contributed by atoms with E-state index in [1.807, 2.05) is 17.0 Å². The molecule has 2 heterocycles. The fourth-order valence-electron chi connectivity index (χ4n) is 2.43. The van der Waals surface area contributed by atoms with Gasteiger partial charge in [-0.05, 0) is 23.6 Å². The van der Waals surface area contributed by atoms with E-state index in [1.54, 1.807) is 24.3 Å². The van der Waals surface area contributed by atoms with E-state index in [2.05, 4.69) is 10.3 Å². The molecular weight excluding hydrogens is 316 g/mol. The van der Waals surface area contributed by atoms with Crippen molar-refractivity contribution >= 4 is 26.7 Å². The lowest BCUT2D eigenvalue weighted by molar-refractivity contribution is -0.114. The predicted molar refractivity (Wildman–Crippen MR) is 87.7 cm³/mol. The van der Waals surface area contributed by atoms with Crippen molar-refractivity contribution in [3.05, 3.63) is 53.7 Å². The molecule has 23 heavy (non-hydrogen) atoms. The van der Waals surface area contributed by atoms with E-state index in [4.69, 9.17) is 5.73 Å². The van der Waals surface area contributed by atoms with Crippen LogP contribution in [0.4, 0.5) is 0 Å². The summed E-state index contributed by atoms with van der Waals surface area (Å²) in [7, 11) is -3.74. The molecular formula is C15H16N4O3S. The van der Waals surface area contributed by atoms with Crippen LogP contribution in [0.5, 0.6) is 0 Å². The Kier molecular flexibility index (Phi) is 4.01. The van der Waals surface area contributed by atoms with Gasteiger partial charge >= 0.3 is 0 Å². The molecule has 2 aliphatic rings. The van der Waals surface area contributed by atoms with Gasteiger partial charge in [0.2, 0.25) is 0 Å². The Morgan fingerprint density at radius 3 is 2.57 bits per heavy atom. The number of hydrogen-bond acceptors (Lipinski definition) is 6. The summed E-state index contributed by atoms with van der Waals surface area (Å²) in [6.45, 7) is 0.613. The highest BCUT2D eigenvalue weighted by molar-refractivity contribution is 7.99. The number of sulfonamides is 1. The zero-order valence-electron chi connectivity index (χ0n) is 12.2. The van der Waals surface area contributed by atoms with Gasteiger partial charge in [0, 0.05) is 12.3 Å². The van der Waals surface area contributed by atoms with E-state index in [0.717, 1.165) is 17.5 Å². The van der Waals surface area contributed by atoms with Gasteiger partial charge in [0.1, 0.15) is 10.7 Å². The molecule has 8 heteroatoms. The molecule has 0 radical (unpaired) electrons. The average molecular weight is 332 g/mol. The van der Waals surface area contributed by atoms with Crippen LogP contribution < -0.4 is 15.8 Å². The van der Waals surface area contributed by atoms with E-state index in [9.17, 15) is 13.2 Å². The summed E-state index contributed by atoms with van der Waals surface area (Å²) in [5, 5.41) is 3.02. The van der Waals surface area contributed by atoms with Crippen LogP contribution >= 0.6 is 0 Å². The summed E-state index contributed by atoms with van der Waals surface area (Å²) in [6.07, 6.45) is 5.37. The Bertz CT molecular complexity index is 823. The molecule has 2 aliphatic heterocycles. The normalized spacial score (nSPS) is 20.3. The van der Waals surface area contributed by atoms with E-state index in [-0.39, 0.29) is 10.9 Å². The standard InChI is InChI=1S/C15H16N4O3S/c16-12(15-17-6-1-7-18-15)8-10-2-4-11(5-3-10)13-9-14(20)19-23(13,21)22/h1-6,9,12H,7-8,16H2,(H,17,18)(H,19,20). The number of amidine groups is 1. The summed E-state index contributed by atoms with van der Waals surface area (Å²) in [5.41, 5.74) is 7.54. The zero-order chi connectivity index (χ0) is 16.4. The zero-order valence-corrected chi connectivity index (χ0v) is 13.0. The van der Waals surface area contributed by atoms with E-state index in [1.165, 1.54) is 0 Å². The third-order valence-electron chi connectivity index (χ3n) is 3.55. The summed E-state index contributed by atoms with van der Waals surface area (Å²) in [4.78, 5) is 15.5.